The molecule has 1 aliphatic rings. The Kier molecular flexibility index (Phi) is 7.80. The van der Waals surface area contributed by atoms with Gasteiger partial charge in [-0.25, -0.2) is 4.39 Å². The van der Waals surface area contributed by atoms with Crippen LogP contribution in [-0.4, -0.2) is 34.4 Å². The molecule has 0 spiro atoms. The van der Waals surface area contributed by atoms with Gasteiger partial charge < -0.3 is 19.4 Å². The Balaban J connectivity index is 1.47. The molecule has 2 aromatic carbocycles. The normalized spacial score (nSPS) is 13.5. The molecular weight excluding hydrogens is 447 g/mol. The topological polar surface area (TPSA) is 78.3 Å². The minimum absolute atomic E-state index is 0.0955. The van der Waals surface area contributed by atoms with Gasteiger partial charge in [0.2, 0.25) is 5.91 Å². The number of hydrogen-bond donors (Lipinski definition) is 1. The van der Waals surface area contributed by atoms with Gasteiger partial charge in [-0.05, 0) is 60.7 Å². The number of rotatable bonds is 8. The van der Waals surface area contributed by atoms with Crippen LogP contribution in [0.25, 0.3) is 17.5 Å². The van der Waals surface area contributed by atoms with Crippen LogP contribution in [0.3, 0.4) is 0 Å². The summed E-state index contributed by atoms with van der Waals surface area (Å²) >= 11 is 0. The van der Waals surface area contributed by atoms with E-state index in [2.05, 4.69) is 33.9 Å². The molecule has 184 valence electrons. The highest BCUT2D eigenvalue weighted by molar-refractivity contribution is 6.02. The van der Waals surface area contributed by atoms with Gasteiger partial charge in [-0.2, -0.15) is 0 Å². The number of hydrogen-bond acceptors (Lipinski definition) is 5. The van der Waals surface area contributed by atoms with E-state index in [1.807, 2.05) is 12.1 Å². The highest BCUT2D eigenvalue weighted by Crippen LogP contribution is 2.29. The first kappa shape index (κ1) is 24.4. The number of methoxy groups -OCH3 is 1. The predicted octanol–water partition coefficient (Wildman–Crippen LogP) is 5.51. The van der Waals surface area contributed by atoms with E-state index in [1.165, 1.54) is 12.1 Å². The average molecular weight is 479 g/mol. The smallest absolute Gasteiger partial charge is 0.248 e. The van der Waals surface area contributed by atoms with Crippen molar-refractivity contribution in [2.24, 2.45) is 5.92 Å². The van der Waals surface area contributed by atoms with Crippen LogP contribution in [0.15, 0.2) is 42.5 Å². The monoisotopic (exact) mass is 478 g/mol. The Hall–Kier alpha value is -3.68. The lowest BCUT2D eigenvalue weighted by Crippen LogP contribution is -2.10. The van der Waals surface area contributed by atoms with Crippen molar-refractivity contribution in [3.63, 3.8) is 0 Å². The van der Waals surface area contributed by atoms with E-state index in [1.54, 1.807) is 31.4 Å². The van der Waals surface area contributed by atoms with E-state index in [4.69, 9.17) is 9.47 Å². The van der Waals surface area contributed by atoms with Crippen molar-refractivity contribution in [1.82, 2.24) is 14.8 Å². The number of halogens is 1. The van der Waals surface area contributed by atoms with Crippen LogP contribution in [0.2, 0.25) is 0 Å². The highest BCUT2D eigenvalue weighted by atomic mass is 19.1. The van der Waals surface area contributed by atoms with Crippen LogP contribution in [0.5, 0.6) is 11.5 Å². The number of benzene rings is 2. The number of ether oxygens (including phenoxy) is 2. The summed E-state index contributed by atoms with van der Waals surface area (Å²) in [7, 11) is 1.57. The van der Waals surface area contributed by atoms with Gasteiger partial charge in [0.25, 0.3) is 0 Å². The summed E-state index contributed by atoms with van der Waals surface area (Å²) in [6.45, 7) is 5.56. The van der Waals surface area contributed by atoms with E-state index >= 15 is 0 Å². The van der Waals surface area contributed by atoms with Crippen LogP contribution in [0, 0.1) is 11.7 Å². The number of amides is 1. The second kappa shape index (κ2) is 11.2. The minimum Gasteiger partial charge on any atom is -0.493 e. The number of fused-ring (bicyclic) bond motifs is 1. The van der Waals surface area contributed by atoms with E-state index in [-0.39, 0.29) is 5.69 Å². The van der Waals surface area contributed by atoms with Crippen LogP contribution < -0.4 is 14.8 Å². The van der Waals surface area contributed by atoms with Gasteiger partial charge in [0.1, 0.15) is 11.6 Å². The number of carbonyl (C=O) groups is 1. The molecule has 1 aliphatic heterocycles. The van der Waals surface area contributed by atoms with Gasteiger partial charge in [-0.1, -0.05) is 26.3 Å². The average Bonchev–Trinajstić information content (AvgIpc) is 3.10. The summed E-state index contributed by atoms with van der Waals surface area (Å²) in [6, 6.07) is 10.0. The van der Waals surface area contributed by atoms with Gasteiger partial charge in [0.15, 0.2) is 17.3 Å². The molecule has 8 heteroatoms. The number of aryl methyl sites for hydroxylation is 1. The summed E-state index contributed by atoms with van der Waals surface area (Å²) in [5.41, 5.74) is 1.57. The van der Waals surface area contributed by atoms with Crippen LogP contribution in [0.1, 0.15) is 44.5 Å². The zero-order valence-corrected chi connectivity index (χ0v) is 20.4. The summed E-state index contributed by atoms with van der Waals surface area (Å²) in [6.07, 6.45) is 7.19. The fraction of sp³-hybridized carbons (Fsp3) is 0.370. The molecule has 0 radical (unpaired) electrons. The molecule has 1 aromatic heterocycles. The fourth-order valence-electron chi connectivity index (χ4n) is 3.97. The van der Waals surface area contributed by atoms with Crippen molar-refractivity contribution < 1.29 is 18.7 Å². The third-order valence-electron chi connectivity index (χ3n) is 5.78. The molecule has 3 aromatic rings. The quantitative estimate of drug-likeness (QED) is 0.432. The molecule has 0 aliphatic carbocycles. The molecule has 35 heavy (non-hydrogen) atoms. The Morgan fingerprint density at radius 2 is 2.00 bits per heavy atom. The van der Waals surface area contributed by atoms with E-state index < -0.39 is 11.7 Å². The highest BCUT2D eigenvalue weighted by Gasteiger charge is 2.17. The molecule has 0 bridgehead atoms. The first-order valence-corrected chi connectivity index (χ1v) is 12.0. The molecule has 0 saturated heterocycles. The Bertz CT molecular complexity index is 1220. The zero-order chi connectivity index (χ0) is 24.8. The maximum Gasteiger partial charge on any atom is 0.248 e. The number of aromatic nitrogens is 3. The fourth-order valence-corrected chi connectivity index (χ4v) is 3.97. The lowest BCUT2D eigenvalue weighted by Gasteiger charge is -2.12. The van der Waals surface area contributed by atoms with Gasteiger partial charge in [-0.15, -0.1) is 10.2 Å². The molecule has 7 nitrogen and oxygen atoms in total. The SMILES string of the molecule is COc1cc(C=CC(=O)Nc2cc(-c3nnc4n3CCCCC4)ccc2F)ccc1OCC(C)C. The van der Waals surface area contributed by atoms with Gasteiger partial charge in [0.05, 0.1) is 19.4 Å². The number of carbonyl (C=O) groups excluding carboxylic acids is 1. The van der Waals surface area contributed by atoms with Crippen molar-refractivity contribution in [1.29, 1.82) is 0 Å². The molecule has 1 N–H and O–H groups in total. The Labute approximate surface area is 205 Å². The molecule has 2 heterocycles. The van der Waals surface area contributed by atoms with Crippen LogP contribution in [0.4, 0.5) is 10.1 Å². The van der Waals surface area contributed by atoms with Crippen molar-refractivity contribution in [2.75, 3.05) is 19.0 Å². The number of nitrogens with zero attached hydrogens (tertiary/aromatic N) is 3. The van der Waals surface area contributed by atoms with Crippen molar-refractivity contribution in [3.8, 4) is 22.9 Å². The molecular formula is C27H31FN4O3. The van der Waals surface area contributed by atoms with E-state index in [9.17, 15) is 9.18 Å². The minimum atomic E-state index is -0.514. The third kappa shape index (κ3) is 6.07. The Morgan fingerprint density at radius 1 is 1.14 bits per heavy atom. The standard InChI is InChI=1S/C27H31FN4O3/c1-18(2)17-35-23-12-8-19(15-24(23)34-3)9-13-26(33)29-22-16-20(10-11-21(22)28)27-31-30-25-7-5-4-6-14-32(25)27/h8-13,15-16,18H,4-7,14,17H2,1-3H3,(H,29,33). The summed E-state index contributed by atoms with van der Waals surface area (Å²) in [5.74, 6) is 2.31. The first-order valence-electron chi connectivity index (χ1n) is 12.0. The number of nitrogens with one attached hydrogen (secondary N) is 1. The van der Waals surface area contributed by atoms with Crippen LogP contribution >= 0.6 is 0 Å². The van der Waals surface area contributed by atoms with Crippen molar-refractivity contribution in [2.45, 2.75) is 46.1 Å². The molecule has 0 fully saturated rings. The first-order chi connectivity index (χ1) is 16.9. The number of anilines is 1. The van der Waals surface area contributed by atoms with E-state index in [0.29, 0.717) is 35.4 Å². The molecule has 0 atom stereocenters. The molecule has 0 unspecified atom stereocenters. The maximum atomic E-state index is 14.5. The summed E-state index contributed by atoms with van der Waals surface area (Å²) < 4.78 is 27.8. The maximum absolute atomic E-state index is 14.5. The zero-order valence-electron chi connectivity index (χ0n) is 20.4. The second-order valence-corrected chi connectivity index (χ2v) is 9.03. The van der Waals surface area contributed by atoms with Gasteiger partial charge in [-0.3, -0.25) is 4.79 Å². The van der Waals surface area contributed by atoms with Gasteiger partial charge >= 0.3 is 0 Å². The molecule has 1 amide bonds. The predicted molar refractivity (Wildman–Crippen MR) is 134 cm³/mol. The largest absolute Gasteiger partial charge is 0.493 e. The van der Waals surface area contributed by atoms with E-state index in [0.717, 1.165) is 43.6 Å². The molecule has 4 rings (SSSR count). The summed E-state index contributed by atoms with van der Waals surface area (Å²) in [4.78, 5) is 12.6. The molecule has 0 saturated carbocycles. The van der Waals surface area contributed by atoms with Crippen molar-refractivity contribution in [3.05, 3.63) is 59.7 Å². The third-order valence-corrected chi connectivity index (χ3v) is 5.78. The van der Waals surface area contributed by atoms with Crippen molar-refractivity contribution >= 4 is 17.7 Å². The lowest BCUT2D eigenvalue weighted by atomic mass is 10.1. The summed E-state index contributed by atoms with van der Waals surface area (Å²) in [5, 5.41) is 11.3. The Morgan fingerprint density at radius 3 is 2.80 bits per heavy atom. The second-order valence-electron chi connectivity index (χ2n) is 9.03. The van der Waals surface area contributed by atoms with Crippen LogP contribution in [-0.2, 0) is 17.8 Å². The lowest BCUT2D eigenvalue weighted by molar-refractivity contribution is -0.111. The van der Waals surface area contributed by atoms with Gasteiger partial charge in [0, 0.05) is 24.6 Å².